The second-order valence-electron chi connectivity index (χ2n) is 8.90. The number of nitrogens with one attached hydrogen (secondary N) is 1. The van der Waals surface area contributed by atoms with Gasteiger partial charge in [-0.1, -0.05) is 25.1 Å². The highest BCUT2D eigenvalue weighted by atomic mass is 32.2. The molecule has 0 fully saturated rings. The number of hydrogen-bond acceptors (Lipinski definition) is 5. The SMILES string of the molecule is CCC(C)NC(=O)C(C)N(Cc1ccc(OC)cc1)C(=O)CN(c1ccc(C)c(C)c1)S(C)(=O)=O. The summed E-state index contributed by atoms with van der Waals surface area (Å²) < 4.78 is 31.6. The summed E-state index contributed by atoms with van der Waals surface area (Å²) in [5.74, 6) is -0.0956. The van der Waals surface area contributed by atoms with Gasteiger partial charge in [-0.3, -0.25) is 13.9 Å². The van der Waals surface area contributed by atoms with E-state index < -0.39 is 28.5 Å². The number of carbonyl (C=O) groups excluding carboxylic acids is 2. The second-order valence-corrected chi connectivity index (χ2v) is 10.8. The standard InChI is InChI=1S/C26H37N3O5S/c1-8-20(4)27-26(31)21(5)28(16-22-10-13-24(34-6)14-11-22)25(30)17-29(35(7,32)33)23-12-9-18(2)19(3)15-23/h9-15,20-21H,8,16-17H2,1-7H3,(H,27,31). The molecule has 35 heavy (non-hydrogen) atoms. The van der Waals surface area contributed by atoms with Crippen LogP contribution in [0.2, 0.25) is 0 Å². The number of benzene rings is 2. The highest BCUT2D eigenvalue weighted by Crippen LogP contribution is 2.22. The molecule has 0 aliphatic rings. The molecule has 0 aliphatic heterocycles. The predicted octanol–water partition coefficient (Wildman–Crippen LogP) is 3.41. The average Bonchev–Trinajstić information content (AvgIpc) is 2.81. The number of sulfonamides is 1. The largest absolute Gasteiger partial charge is 0.497 e. The molecule has 2 atom stereocenters. The minimum atomic E-state index is -3.76. The molecule has 2 aromatic rings. The zero-order valence-corrected chi connectivity index (χ0v) is 22.5. The third-order valence-corrected chi connectivity index (χ3v) is 7.28. The number of amides is 2. The lowest BCUT2D eigenvalue weighted by Crippen LogP contribution is -2.52. The monoisotopic (exact) mass is 503 g/mol. The zero-order valence-electron chi connectivity index (χ0n) is 21.7. The van der Waals surface area contributed by atoms with Gasteiger partial charge in [-0.25, -0.2) is 8.42 Å². The summed E-state index contributed by atoms with van der Waals surface area (Å²) in [5.41, 5.74) is 3.13. The van der Waals surface area contributed by atoms with Crippen molar-refractivity contribution in [3.63, 3.8) is 0 Å². The van der Waals surface area contributed by atoms with Crippen molar-refractivity contribution in [3.8, 4) is 5.75 Å². The summed E-state index contributed by atoms with van der Waals surface area (Å²) in [5, 5.41) is 2.91. The Kier molecular flexibility index (Phi) is 9.71. The van der Waals surface area contributed by atoms with E-state index in [9.17, 15) is 18.0 Å². The van der Waals surface area contributed by atoms with Crippen molar-refractivity contribution in [1.82, 2.24) is 10.2 Å². The molecule has 2 unspecified atom stereocenters. The maximum absolute atomic E-state index is 13.6. The van der Waals surface area contributed by atoms with Gasteiger partial charge in [0.25, 0.3) is 0 Å². The Morgan fingerprint density at radius 1 is 1.03 bits per heavy atom. The van der Waals surface area contributed by atoms with Gasteiger partial charge in [0, 0.05) is 12.6 Å². The van der Waals surface area contributed by atoms with Gasteiger partial charge in [0.15, 0.2) is 0 Å². The lowest BCUT2D eigenvalue weighted by molar-refractivity contribution is -0.139. The van der Waals surface area contributed by atoms with Gasteiger partial charge in [-0.15, -0.1) is 0 Å². The van der Waals surface area contributed by atoms with E-state index in [1.165, 1.54) is 4.90 Å². The summed E-state index contributed by atoms with van der Waals surface area (Å²) in [6.07, 6.45) is 1.82. The van der Waals surface area contributed by atoms with E-state index in [4.69, 9.17) is 4.74 Å². The number of hydrogen-bond donors (Lipinski definition) is 1. The highest BCUT2D eigenvalue weighted by molar-refractivity contribution is 7.92. The molecule has 0 bridgehead atoms. The Bertz CT molecular complexity index is 1130. The first-order chi connectivity index (χ1) is 16.4. The van der Waals surface area contributed by atoms with E-state index in [2.05, 4.69) is 5.32 Å². The average molecular weight is 504 g/mol. The molecule has 0 saturated heterocycles. The summed E-state index contributed by atoms with van der Waals surface area (Å²) in [4.78, 5) is 27.9. The first-order valence-electron chi connectivity index (χ1n) is 11.6. The molecule has 8 nitrogen and oxygen atoms in total. The van der Waals surface area contributed by atoms with Crippen molar-refractivity contribution in [2.45, 2.75) is 59.7 Å². The number of ether oxygens (including phenoxy) is 1. The minimum Gasteiger partial charge on any atom is -0.497 e. The molecular formula is C26H37N3O5S. The van der Waals surface area contributed by atoms with Crippen molar-refractivity contribution in [2.24, 2.45) is 0 Å². The third-order valence-electron chi connectivity index (χ3n) is 6.14. The Labute approximate surface area is 209 Å². The van der Waals surface area contributed by atoms with E-state index in [-0.39, 0.29) is 18.5 Å². The zero-order chi connectivity index (χ0) is 26.3. The first kappa shape index (κ1) is 28.2. The Balaban J connectivity index is 2.40. The second kappa shape index (κ2) is 12.1. The van der Waals surface area contributed by atoms with Crippen LogP contribution in [-0.4, -0.2) is 57.1 Å². The van der Waals surface area contributed by atoms with Crippen molar-refractivity contribution in [3.05, 3.63) is 59.2 Å². The van der Waals surface area contributed by atoms with Crippen molar-refractivity contribution < 1.29 is 22.7 Å². The summed E-state index contributed by atoms with van der Waals surface area (Å²) >= 11 is 0. The van der Waals surface area contributed by atoms with Gasteiger partial charge in [0.1, 0.15) is 18.3 Å². The summed E-state index contributed by atoms with van der Waals surface area (Å²) in [7, 11) is -2.19. The molecule has 0 aliphatic carbocycles. The van der Waals surface area contributed by atoms with Gasteiger partial charge >= 0.3 is 0 Å². The van der Waals surface area contributed by atoms with Crippen LogP contribution < -0.4 is 14.4 Å². The van der Waals surface area contributed by atoms with Gasteiger partial charge in [-0.05, 0) is 75.1 Å². The van der Waals surface area contributed by atoms with Crippen molar-refractivity contribution in [1.29, 1.82) is 0 Å². The van der Waals surface area contributed by atoms with Crippen LogP contribution in [0.4, 0.5) is 5.69 Å². The summed E-state index contributed by atoms with van der Waals surface area (Å²) in [6, 6.07) is 11.6. The number of methoxy groups -OCH3 is 1. The topological polar surface area (TPSA) is 96.0 Å². The molecule has 2 amide bonds. The number of aryl methyl sites for hydroxylation is 2. The van der Waals surface area contributed by atoms with Crippen LogP contribution in [-0.2, 0) is 26.2 Å². The predicted molar refractivity (Wildman–Crippen MR) is 139 cm³/mol. The van der Waals surface area contributed by atoms with Crippen LogP contribution in [0.25, 0.3) is 0 Å². The maximum Gasteiger partial charge on any atom is 0.244 e. The smallest absolute Gasteiger partial charge is 0.244 e. The number of nitrogens with zero attached hydrogens (tertiary/aromatic N) is 2. The fourth-order valence-electron chi connectivity index (χ4n) is 3.47. The highest BCUT2D eigenvalue weighted by Gasteiger charge is 2.30. The third kappa shape index (κ3) is 7.71. The molecule has 2 rings (SSSR count). The quantitative estimate of drug-likeness (QED) is 0.507. The van der Waals surface area contributed by atoms with Gasteiger partial charge < -0.3 is 15.0 Å². The van der Waals surface area contributed by atoms with Crippen LogP contribution in [0.15, 0.2) is 42.5 Å². The molecule has 0 heterocycles. The van der Waals surface area contributed by atoms with Crippen LogP contribution in [0.3, 0.4) is 0 Å². The Morgan fingerprint density at radius 3 is 2.17 bits per heavy atom. The lowest BCUT2D eigenvalue weighted by atomic mass is 10.1. The van der Waals surface area contributed by atoms with E-state index in [1.54, 1.807) is 38.3 Å². The van der Waals surface area contributed by atoms with E-state index in [1.807, 2.05) is 45.9 Å². The minimum absolute atomic E-state index is 0.0501. The molecule has 9 heteroatoms. The summed E-state index contributed by atoms with van der Waals surface area (Å²) in [6.45, 7) is 9.05. The van der Waals surface area contributed by atoms with Crippen LogP contribution >= 0.6 is 0 Å². The molecule has 1 N–H and O–H groups in total. The lowest BCUT2D eigenvalue weighted by Gasteiger charge is -2.32. The fourth-order valence-corrected chi connectivity index (χ4v) is 4.31. The molecule has 0 radical (unpaired) electrons. The Morgan fingerprint density at radius 2 is 1.66 bits per heavy atom. The number of rotatable bonds is 11. The normalized spacial score (nSPS) is 13.0. The number of anilines is 1. The van der Waals surface area contributed by atoms with E-state index in [0.29, 0.717) is 11.4 Å². The van der Waals surface area contributed by atoms with Gasteiger partial charge in [0.05, 0.1) is 19.1 Å². The molecule has 2 aromatic carbocycles. The Hall–Kier alpha value is -3.07. The van der Waals surface area contributed by atoms with Crippen LogP contribution in [0.1, 0.15) is 43.9 Å². The molecule has 192 valence electrons. The van der Waals surface area contributed by atoms with Crippen molar-refractivity contribution in [2.75, 3.05) is 24.2 Å². The molecular weight excluding hydrogens is 466 g/mol. The van der Waals surface area contributed by atoms with Gasteiger partial charge in [0.2, 0.25) is 21.8 Å². The number of carbonyl (C=O) groups is 2. The van der Waals surface area contributed by atoms with Crippen LogP contribution in [0, 0.1) is 13.8 Å². The first-order valence-corrected chi connectivity index (χ1v) is 13.5. The molecule has 0 saturated carbocycles. The van der Waals surface area contributed by atoms with E-state index >= 15 is 0 Å². The van der Waals surface area contributed by atoms with Crippen LogP contribution in [0.5, 0.6) is 5.75 Å². The van der Waals surface area contributed by atoms with E-state index in [0.717, 1.165) is 33.7 Å². The molecule has 0 spiro atoms. The molecule has 0 aromatic heterocycles. The van der Waals surface area contributed by atoms with Gasteiger partial charge in [-0.2, -0.15) is 0 Å². The maximum atomic E-state index is 13.6. The van der Waals surface area contributed by atoms with Crippen molar-refractivity contribution >= 4 is 27.5 Å². The fraction of sp³-hybridized carbons (Fsp3) is 0.462.